The summed E-state index contributed by atoms with van der Waals surface area (Å²) < 4.78 is 31.0. The van der Waals surface area contributed by atoms with Crippen molar-refractivity contribution < 1.29 is 22.5 Å². The first-order chi connectivity index (χ1) is 9.28. The van der Waals surface area contributed by atoms with Gasteiger partial charge in [0.2, 0.25) is 21.8 Å². The third-order valence-corrected chi connectivity index (χ3v) is 5.23. The lowest BCUT2D eigenvalue weighted by Crippen LogP contribution is -2.59. The molecule has 9 heteroatoms. The Hall–Kier alpha value is -1.74. The molecule has 2 heterocycles. The number of aryl methyl sites for hydroxylation is 2. The van der Waals surface area contributed by atoms with E-state index in [9.17, 15) is 18.0 Å². The quantitative estimate of drug-likeness (QED) is 0.769. The van der Waals surface area contributed by atoms with Crippen LogP contribution in [0.2, 0.25) is 0 Å². The monoisotopic (exact) mass is 301 g/mol. The Balaban J connectivity index is 2.52. The maximum absolute atomic E-state index is 12.6. The second-order valence-electron chi connectivity index (χ2n) is 4.54. The Bertz CT molecular complexity index is 644. The van der Waals surface area contributed by atoms with Crippen molar-refractivity contribution in [3.8, 4) is 0 Å². The highest BCUT2D eigenvalue weighted by Gasteiger charge is 2.42. The van der Waals surface area contributed by atoms with Gasteiger partial charge in [0.15, 0.2) is 5.76 Å². The van der Waals surface area contributed by atoms with Gasteiger partial charge in [-0.15, -0.1) is 0 Å². The van der Waals surface area contributed by atoms with Crippen molar-refractivity contribution >= 4 is 21.8 Å². The number of hydrogen-bond donors (Lipinski definition) is 1. The summed E-state index contributed by atoms with van der Waals surface area (Å²) in [7, 11) is -4.01. The highest BCUT2D eigenvalue weighted by atomic mass is 32.2. The lowest BCUT2D eigenvalue weighted by Gasteiger charge is -2.32. The summed E-state index contributed by atoms with van der Waals surface area (Å²) in [5.41, 5.74) is 0.204. The maximum atomic E-state index is 12.6. The molecule has 1 unspecified atom stereocenters. The largest absolute Gasteiger partial charge is 0.360 e. The number of nitrogens with one attached hydrogen (secondary N) is 1. The van der Waals surface area contributed by atoms with E-state index in [2.05, 4.69) is 10.5 Å². The molecule has 1 aromatic heterocycles. The lowest BCUT2D eigenvalue weighted by molar-refractivity contribution is -0.137. The van der Waals surface area contributed by atoms with Crippen LogP contribution in [0.4, 0.5) is 0 Å². The Morgan fingerprint density at radius 3 is 2.55 bits per heavy atom. The predicted molar refractivity (Wildman–Crippen MR) is 67.1 cm³/mol. The van der Waals surface area contributed by atoms with E-state index in [4.69, 9.17) is 4.52 Å². The van der Waals surface area contributed by atoms with Crippen molar-refractivity contribution in [2.45, 2.75) is 38.1 Å². The highest BCUT2D eigenvalue weighted by molar-refractivity contribution is 7.89. The summed E-state index contributed by atoms with van der Waals surface area (Å²) >= 11 is 0. The molecule has 2 amide bonds. The first kappa shape index (κ1) is 14.7. The van der Waals surface area contributed by atoms with E-state index in [-0.39, 0.29) is 22.8 Å². The van der Waals surface area contributed by atoms with E-state index >= 15 is 0 Å². The first-order valence-corrected chi connectivity index (χ1v) is 7.51. The molecule has 1 saturated heterocycles. The molecule has 1 aliphatic rings. The third kappa shape index (κ3) is 2.22. The molecule has 1 fully saturated rings. The molecule has 1 aromatic rings. The van der Waals surface area contributed by atoms with Crippen molar-refractivity contribution in [1.29, 1.82) is 0 Å². The normalized spacial score (nSPS) is 21.1. The second-order valence-corrected chi connectivity index (χ2v) is 6.37. The molecule has 1 N–H and O–H groups in total. The van der Waals surface area contributed by atoms with Gasteiger partial charge in [0.25, 0.3) is 0 Å². The molecule has 20 heavy (non-hydrogen) atoms. The molecule has 0 bridgehead atoms. The van der Waals surface area contributed by atoms with Gasteiger partial charge in [0, 0.05) is 0 Å². The summed E-state index contributed by atoms with van der Waals surface area (Å²) in [6, 6.07) is -0.911. The lowest BCUT2D eigenvalue weighted by atomic mass is 10.2. The van der Waals surface area contributed by atoms with Crippen molar-refractivity contribution in [2.24, 2.45) is 0 Å². The first-order valence-electron chi connectivity index (χ1n) is 6.07. The summed E-state index contributed by atoms with van der Waals surface area (Å²) in [5.74, 6) is -1.12. The van der Waals surface area contributed by atoms with Crippen LogP contribution in [-0.2, 0) is 19.6 Å². The van der Waals surface area contributed by atoms with E-state index in [1.165, 1.54) is 13.8 Å². The minimum Gasteiger partial charge on any atom is -0.360 e. The Morgan fingerprint density at radius 1 is 1.40 bits per heavy atom. The van der Waals surface area contributed by atoms with Gasteiger partial charge in [-0.05, 0) is 20.3 Å². The number of imide groups is 1. The van der Waals surface area contributed by atoms with Gasteiger partial charge in [0.05, 0.1) is 6.54 Å². The minimum absolute atomic E-state index is 0.0848. The number of amides is 2. The molecule has 0 aromatic carbocycles. The van der Waals surface area contributed by atoms with E-state index < -0.39 is 34.4 Å². The van der Waals surface area contributed by atoms with Crippen molar-refractivity contribution in [1.82, 2.24) is 14.8 Å². The van der Waals surface area contributed by atoms with E-state index in [0.717, 1.165) is 4.31 Å². The molecular formula is C11H15N3O5S. The number of carbonyl (C=O) groups excluding carboxylic acids is 2. The molecule has 0 radical (unpaired) electrons. The summed E-state index contributed by atoms with van der Waals surface area (Å²) in [6.07, 6.45) is 0.266. The molecule has 8 nitrogen and oxygen atoms in total. The molecule has 0 spiro atoms. The standard InChI is InChI=1S/C11H15N3O5S/c1-4-8-11(16)12-9(15)5-14(8)20(17,18)10-6(2)13-19-7(10)3/h8H,4-5H2,1-3H3,(H,12,15,16). The van der Waals surface area contributed by atoms with Gasteiger partial charge in [-0.2, -0.15) is 4.31 Å². The van der Waals surface area contributed by atoms with Crippen LogP contribution in [0.15, 0.2) is 9.42 Å². The molecule has 110 valence electrons. The third-order valence-electron chi connectivity index (χ3n) is 3.13. The zero-order chi connectivity index (χ0) is 15.1. The molecule has 1 aliphatic heterocycles. The van der Waals surface area contributed by atoms with Gasteiger partial charge >= 0.3 is 0 Å². The molecule has 0 saturated carbocycles. The zero-order valence-electron chi connectivity index (χ0n) is 11.3. The number of hydrogen-bond acceptors (Lipinski definition) is 6. The van der Waals surface area contributed by atoms with E-state index in [1.54, 1.807) is 6.92 Å². The Labute approximate surface area is 116 Å². The van der Waals surface area contributed by atoms with Gasteiger partial charge < -0.3 is 4.52 Å². The fourth-order valence-corrected chi connectivity index (χ4v) is 4.16. The number of nitrogens with zero attached hydrogens (tertiary/aromatic N) is 2. The number of aromatic nitrogens is 1. The molecule has 0 aliphatic carbocycles. The summed E-state index contributed by atoms with van der Waals surface area (Å²) in [5, 5.41) is 5.73. The summed E-state index contributed by atoms with van der Waals surface area (Å²) in [6.45, 7) is 4.25. The second kappa shape index (κ2) is 4.98. The highest BCUT2D eigenvalue weighted by Crippen LogP contribution is 2.26. The number of rotatable bonds is 3. The van der Waals surface area contributed by atoms with Crippen molar-refractivity contribution in [2.75, 3.05) is 6.54 Å². The number of sulfonamides is 1. The maximum Gasteiger partial charge on any atom is 0.249 e. The van der Waals surface area contributed by atoms with Crippen molar-refractivity contribution in [3.63, 3.8) is 0 Å². The van der Waals surface area contributed by atoms with E-state index in [1.807, 2.05) is 0 Å². The number of carbonyl (C=O) groups is 2. The molecule has 1 atom stereocenters. The molecular weight excluding hydrogens is 286 g/mol. The van der Waals surface area contributed by atoms with Crippen LogP contribution in [0, 0.1) is 13.8 Å². The van der Waals surface area contributed by atoms with Crippen LogP contribution in [0.5, 0.6) is 0 Å². The Kier molecular flexibility index (Phi) is 3.65. The topological polar surface area (TPSA) is 110 Å². The molecule has 2 rings (SSSR count). The van der Waals surface area contributed by atoms with Crippen LogP contribution in [-0.4, -0.2) is 42.3 Å². The van der Waals surface area contributed by atoms with Crippen molar-refractivity contribution in [3.05, 3.63) is 11.5 Å². The van der Waals surface area contributed by atoms with Crippen LogP contribution in [0.3, 0.4) is 0 Å². The fourth-order valence-electron chi connectivity index (χ4n) is 2.24. The van der Waals surface area contributed by atoms with E-state index in [0.29, 0.717) is 0 Å². The zero-order valence-corrected chi connectivity index (χ0v) is 12.2. The average Bonchev–Trinajstić information content (AvgIpc) is 2.68. The van der Waals surface area contributed by atoms with Gasteiger partial charge in [-0.25, -0.2) is 8.42 Å². The Morgan fingerprint density at radius 2 is 2.05 bits per heavy atom. The predicted octanol–water partition coefficient (Wildman–Crippen LogP) is -0.283. The average molecular weight is 301 g/mol. The smallest absolute Gasteiger partial charge is 0.249 e. The number of piperazine rings is 1. The SMILES string of the molecule is CCC1C(=O)NC(=O)CN1S(=O)(=O)c1c(C)noc1C. The van der Waals surface area contributed by atoms with Gasteiger partial charge in [-0.3, -0.25) is 14.9 Å². The minimum atomic E-state index is -4.01. The van der Waals surface area contributed by atoms with Crippen LogP contribution in [0.1, 0.15) is 24.8 Å². The van der Waals surface area contributed by atoms with Gasteiger partial charge in [0.1, 0.15) is 16.6 Å². The van der Waals surface area contributed by atoms with Crippen LogP contribution >= 0.6 is 0 Å². The van der Waals surface area contributed by atoms with Gasteiger partial charge in [-0.1, -0.05) is 12.1 Å². The van der Waals surface area contributed by atoms with Crippen LogP contribution in [0.25, 0.3) is 0 Å². The fraction of sp³-hybridized carbons (Fsp3) is 0.545. The van der Waals surface area contributed by atoms with Crippen LogP contribution < -0.4 is 5.32 Å². The summed E-state index contributed by atoms with van der Waals surface area (Å²) in [4.78, 5) is 23.1.